The van der Waals surface area contributed by atoms with Gasteiger partial charge in [0.2, 0.25) is 6.41 Å². The van der Waals surface area contributed by atoms with Crippen LogP contribution in [0.15, 0.2) is 10.9 Å². The molecule has 0 bridgehead atoms. The van der Waals surface area contributed by atoms with Crippen molar-refractivity contribution < 1.29 is 4.79 Å². The number of H-pyrrole nitrogens is 1. The Labute approximate surface area is 68.0 Å². The van der Waals surface area contributed by atoms with E-state index < -0.39 is 0 Å². The minimum atomic E-state index is -0.338. The van der Waals surface area contributed by atoms with Crippen LogP contribution in [0.1, 0.15) is 5.82 Å². The molecule has 0 aromatic carbocycles. The van der Waals surface area contributed by atoms with Gasteiger partial charge in [-0.25, -0.2) is 15.8 Å². The number of aromatic amines is 1. The molecule has 0 saturated heterocycles. The van der Waals surface area contributed by atoms with Crippen molar-refractivity contribution in [1.29, 1.82) is 0 Å². The highest BCUT2D eigenvalue weighted by Crippen LogP contribution is 1.99. The van der Waals surface area contributed by atoms with E-state index in [0.717, 1.165) is 11.1 Å². The van der Waals surface area contributed by atoms with Crippen LogP contribution in [-0.2, 0) is 4.79 Å². The van der Waals surface area contributed by atoms with Crippen LogP contribution in [-0.4, -0.2) is 16.4 Å². The van der Waals surface area contributed by atoms with E-state index in [4.69, 9.17) is 5.84 Å². The van der Waals surface area contributed by atoms with Gasteiger partial charge in [0.15, 0.2) is 5.82 Å². The maximum absolute atomic E-state index is 10.8. The highest BCUT2D eigenvalue weighted by molar-refractivity contribution is 5.70. The van der Waals surface area contributed by atoms with Crippen LogP contribution in [0, 0.1) is 6.92 Å². The van der Waals surface area contributed by atoms with Crippen LogP contribution in [0.4, 0.5) is 5.82 Å². The Morgan fingerprint density at radius 2 is 2.42 bits per heavy atom. The Morgan fingerprint density at radius 3 is 2.92 bits per heavy atom. The molecule has 0 fully saturated rings. The lowest BCUT2D eigenvalue weighted by Crippen LogP contribution is -2.31. The normalized spacial score (nSPS) is 9.50. The second kappa shape index (κ2) is 3.14. The third-order valence-corrected chi connectivity index (χ3v) is 1.22. The summed E-state index contributed by atoms with van der Waals surface area (Å²) in [5, 5.41) is 0.738. The number of carbonyl (C=O) groups excluding carboxylic acids is 1. The van der Waals surface area contributed by atoms with Crippen molar-refractivity contribution in [3.63, 3.8) is 0 Å². The number of nitrogens with two attached hydrogens (primary N) is 1. The number of anilines is 1. The molecular formula is C6H8N4O2. The zero-order chi connectivity index (χ0) is 9.14. The van der Waals surface area contributed by atoms with E-state index in [-0.39, 0.29) is 11.4 Å². The van der Waals surface area contributed by atoms with E-state index >= 15 is 0 Å². The predicted octanol–water partition coefficient (Wildman–Crippen LogP) is -1.09. The number of aromatic nitrogens is 2. The third-order valence-electron chi connectivity index (χ3n) is 1.22. The summed E-state index contributed by atoms with van der Waals surface area (Å²) < 4.78 is 0. The number of hydrazine groups is 1. The van der Waals surface area contributed by atoms with E-state index in [2.05, 4.69) is 9.97 Å². The standard InChI is InChI=1S/C6H8N4O2/c1-4-8-5(10(7)3-11)2-6(12)9-4/h2-3H,7H2,1H3,(H,8,9,12). The summed E-state index contributed by atoms with van der Waals surface area (Å²) >= 11 is 0. The average molecular weight is 168 g/mol. The summed E-state index contributed by atoms with van der Waals surface area (Å²) in [7, 11) is 0. The number of hydrogen-bond acceptors (Lipinski definition) is 4. The Bertz CT molecular complexity index is 346. The van der Waals surface area contributed by atoms with Crippen molar-refractivity contribution in [2.24, 2.45) is 5.84 Å². The molecule has 1 aromatic heterocycles. The van der Waals surface area contributed by atoms with Crippen molar-refractivity contribution in [1.82, 2.24) is 9.97 Å². The first-order chi connectivity index (χ1) is 5.63. The third kappa shape index (κ3) is 1.67. The Balaban J connectivity index is 3.17. The fraction of sp³-hybridized carbons (Fsp3) is 0.167. The molecule has 0 aliphatic carbocycles. The molecule has 6 heteroatoms. The molecule has 64 valence electrons. The van der Waals surface area contributed by atoms with Crippen LogP contribution in [0.3, 0.4) is 0 Å². The molecule has 0 spiro atoms. The van der Waals surface area contributed by atoms with Gasteiger partial charge in [0.25, 0.3) is 5.56 Å². The first-order valence-electron chi connectivity index (χ1n) is 3.20. The first kappa shape index (κ1) is 8.41. The molecule has 3 N–H and O–H groups in total. The maximum atomic E-state index is 10.8. The van der Waals surface area contributed by atoms with Crippen LogP contribution in [0.5, 0.6) is 0 Å². The highest BCUT2D eigenvalue weighted by Gasteiger charge is 2.02. The van der Waals surface area contributed by atoms with Gasteiger partial charge >= 0.3 is 0 Å². The van der Waals surface area contributed by atoms with Crippen LogP contribution in [0.2, 0.25) is 0 Å². The summed E-state index contributed by atoms with van der Waals surface area (Å²) in [4.78, 5) is 27.3. The lowest BCUT2D eigenvalue weighted by atomic mass is 10.5. The van der Waals surface area contributed by atoms with Gasteiger partial charge in [-0.05, 0) is 6.92 Å². The zero-order valence-corrected chi connectivity index (χ0v) is 6.44. The van der Waals surface area contributed by atoms with Gasteiger partial charge in [0.05, 0.1) is 0 Å². The largest absolute Gasteiger partial charge is 0.311 e. The summed E-state index contributed by atoms with van der Waals surface area (Å²) in [5.74, 6) is 5.72. The zero-order valence-electron chi connectivity index (χ0n) is 6.44. The fourth-order valence-corrected chi connectivity index (χ4v) is 0.750. The molecule has 6 nitrogen and oxygen atoms in total. The Morgan fingerprint density at radius 1 is 1.75 bits per heavy atom. The van der Waals surface area contributed by atoms with Crippen LogP contribution >= 0.6 is 0 Å². The molecule has 1 rings (SSSR count). The van der Waals surface area contributed by atoms with Gasteiger partial charge in [-0.1, -0.05) is 0 Å². The fourth-order valence-electron chi connectivity index (χ4n) is 0.750. The molecular weight excluding hydrogens is 160 g/mol. The molecule has 1 amide bonds. The second-order valence-corrected chi connectivity index (χ2v) is 2.20. The molecule has 0 aliphatic rings. The number of carbonyl (C=O) groups is 1. The number of aryl methyl sites for hydroxylation is 1. The number of nitrogens with zero attached hydrogens (tertiary/aromatic N) is 2. The van der Waals surface area contributed by atoms with E-state index in [1.54, 1.807) is 6.92 Å². The van der Waals surface area contributed by atoms with Gasteiger partial charge in [-0.2, -0.15) is 0 Å². The second-order valence-electron chi connectivity index (χ2n) is 2.20. The lowest BCUT2D eigenvalue weighted by molar-refractivity contribution is -0.107. The average Bonchev–Trinajstić information content (AvgIpc) is 2.01. The van der Waals surface area contributed by atoms with Crippen molar-refractivity contribution in [3.05, 3.63) is 22.2 Å². The number of amides is 1. The van der Waals surface area contributed by atoms with Gasteiger partial charge in [0, 0.05) is 6.07 Å². The van der Waals surface area contributed by atoms with Crippen molar-refractivity contribution in [3.8, 4) is 0 Å². The molecule has 1 aromatic rings. The van der Waals surface area contributed by atoms with Gasteiger partial charge in [-0.15, -0.1) is 0 Å². The van der Waals surface area contributed by atoms with Gasteiger partial charge in [0.1, 0.15) is 5.82 Å². The molecule has 0 radical (unpaired) electrons. The number of nitrogens with one attached hydrogen (secondary N) is 1. The van der Waals surface area contributed by atoms with E-state index in [1.165, 1.54) is 0 Å². The van der Waals surface area contributed by atoms with E-state index in [9.17, 15) is 9.59 Å². The molecule has 1 heterocycles. The van der Waals surface area contributed by atoms with Crippen molar-refractivity contribution >= 4 is 12.2 Å². The summed E-state index contributed by atoms with van der Waals surface area (Å²) in [6.07, 6.45) is 0.376. The van der Waals surface area contributed by atoms with Crippen molar-refractivity contribution in [2.75, 3.05) is 5.01 Å². The minimum Gasteiger partial charge on any atom is -0.311 e. The Kier molecular flexibility index (Phi) is 2.20. The SMILES string of the molecule is Cc1nc(N(N)C=O)cc(=O)[nH]1. The monoisotopic (exact) mass is 168 g/mol. The molecule has 12 heavy (non-hydrogen) atoms. The first-order valence-corrected chi connectivity index (χ1v) is 3.20. The molecule has 0 aliphatic heterocycles. The summed E-state index contributed by atoms with van der Waals surface area (Å²) in [5.41, 5.74) is -0.338. The number of rotatable bonds is 2. The van der Waals surface area contributed by atoms with E-state index in [1.807, 2.05) is 0 Å². The van der Waals surface area contributed by atoms with Crippen LogP contribution in [0.25, 0.3) is 0 Å². The quantitative estimate of drug-likeness (QED) is 0.254. The van der Waals surface area contributed by atoms with Crippen LogP contribution < -0.4 is 16.4 Å². The highest BCUT2D eigenvalue weighted by atomic mass is 16.1. The summed E-state index contributed by atoms with van der Waals surface area (Å²) in [6.45, 7) is 1.60. The topological polar surface area (TPSA) is 92.1 Å². The van der Waals surface area contributed by atoms with Gasteiger partial charge in [-0.3, -0.25) is 9.59 Å². The lowest BCUT2D eigenvalue weighted by Gasteiger charge is -2.07. The Hall–Kier alpha value is -1.69. The van der Waals surface area contributed by atoms with Gasteiger partial charge < -0.3 is 4.98 Å². The summed E-state index contributed by atoms with van der Waals surface area (Å²) in [6, 6.07) is 1.14. The smallest absolute Gasteiger partial charge is 0.253 e. The van der Waals surface area contributed by atoms with E-state index in [0.29, 0.717) is 12.2 Å². The predicted molar refractivity (Wildman–Crippen MR) is 42.3 cm³/mol. The molecule has 0 unspecified atom stereocenters. The molecule has 0 atom stereocenters. The maximum Gasteiger partial charge on any atom is 0.253 e. The minimum absolute atomic E-state index is 0.131. The van der Waals surface area contributed by atoms with Crippen molar-refractivity contribution in [2.45, 2.75) is 6.92 Å². The number of hydrogen-bond donors (Lipinski definition) is 2. The molecule has 0 saturated carbocycles.